The molecule has 0 saturated carbocycles. The maximum atomic E-state index is 12.7. The second-order valence-corrected chi connectivity index (χ2v) is 4.65. The zero-order chi connectivity index (χ0) is 15.2. The number of hydrogen-bond acceptors (Lipinski definition) is 5. The van der Waals surface area contributed by atoms with E-state index in [2.05, 4.69) is 22.2 Å². The minimum Gasteiger partial charge on any atom is -0.367 e. The number of nitrogens with one attached hydrogen (secondary N) is 2. The molecule has 1 heterocycles. The molecule has 0 bridgehead atoms. The number of nitrogen functional groups attached to an aromatic ring is 1. The number of nitrogens with zero attached hydrogens (tertiary/aromatic N) is 2. The first-order valence-electron chi connectivity index (χ1n) is 6.56. The van der Waals surface area contributed by atoms with Crippen molar-refractivity contribution in [2.45, 2.75) is 51.7 Å². The first-order valence-corrected chi connectivity index (χ1v) is 6.56. The van der Waals surface area contributed by atoms with Gasteiger partial charge in [0, 0.05) is 12.1 Å². The van der Waals surface area contributed by atoms with Gasteiger partial charge in [0.1, 0.15) is 5.82 Å². The molecule has 1 rings (SSSR count). The van der Waals surface area contributed by atoms with E-state index in [9.17, 15) is 13.2 Å². The van der Waals surface area contributed by atoms with E-state index in [0.717, 1.165) is 31.7 Å². The molecule has 0 aliphatic carbocycles. The largest absolute Gasteiger partial charge is 0.433 e. The fraction of sp³-hybridized carbons (Fsp3) is 0.667. The lowest BCUT2D eigenvalue weighted by molar-refractivity contribution is -0.141. The van der Waals surface area contributed by atoms with Crippen molar-refractivity contribution in [3.05, 3.63) is 11.8 Å². The molecule has 8 heteroatoms. The van der Waals surface area contributed by atoms with Gasteiger partial charge in [0.05, 0.1) is 0 Å². The van der Waals surface area contributed by atoms with Gasteiger partial charge in [-0.15, -0.1) is 0 Å². The van der Waals surface area contributed by atoms with Gasteiger partial charge in [0.2, 0.25) is 5.95 Å². The third-order valence-corrected chi connectivity index (χ3v) is 2.78. The maximum absolute atomic E-state index is 12.7. The molecule has 0 fully saturated rings. The van der Waals surface area contributed by atoms with Crippen molar-refractivity contribution < 1.29 is 13.2 Å². The Kier molecular flexibility index (Phi) is 6.00. The van der Waals surface area contributed by atoms with Gasteiger partial charge in [0.15, 0.2) is 5.69 Å². The van der Waals surface area contributed by atoms with Crippen LogP contribution < -0.4 is 16.6 Å². The van der Waals surface area contributed by atoms with E-state index in [-0.39, 0.29) is 17.8 Å². The molecule has 1 aromatic rings. The number of halogens is 3. The smallest absolute Gasteiger partial charge is 0.367 e. The molecule has 20 heavy (non-hydrogen) atoms. The highest BCUT2D eigenvalue weighted by Crippen LogP contribution is 2.29. The van der Waals surface area contributed by atoms with E-state index in [1.807, 2.05) is 12.3 Å². The van der Waals surface area contributed by atoms with Crippen molar-refractivity contribution in [2.24, 2.45) is 5.84 Å². The highest BCUT2D eigenvalue weighted by atomic mass is 19.4. The Labute approximate surface area is 116 Å². The first kappa shape index (κ1) is 16.5. The van der Waals surface area contributed by atoms with Crippen LogP contribution in [0.2, 0.25) is 0 Å². The van der Waals surface area contributed by atoms with E-state index in [0.29, 0.717) is 0 Å². The highest BCUT2D eigenvalue weighted by molar-refractivity contribution is 5.43. The molecule has 0 amide bonds. The quantitative estimate of drug-likeness (QED) is 0.409. The molecular formula is C12H20F3N5. The van der Waals surface area contributed by atoms with Crippen LogP contribution in [0.4, 0.5) is 24.9 Å². The summed E-state index contributed by atoms with van der Waals surface area (Å²) in [7, 11) is 0. The Hall–Kier alpha value is -1.57. The Morgan fingerprint density at radius 2 is 2.00 bits per heavy atom. The minimum absolute atomic E-state index is 0.0307. The Bertz CT molecular complexity index is 422. The molecule has 0 spiro atoms. The van der Waals surface area contributed by atoms with Crippen molar-refractivity contribution in [1.82, 2.24) is 9.97 Å². The Morgan fingerprint density at radius 3 is 2.55 bits per heavy atom. The zero-order valence-corrected chi connectivity index (χ0v) is 11.6. The van der Waals surface area contributed by atoms with Crippen LogP contribution in [0.15, 0.2) is 6.07 Å². The maximum Gasteiger partial charge on any atom is 0.433 e. The average Bonchev–Trinajstić information content (AvgIpc) is 2.37. The monoisotopic (exact) mass is 291 g/mol. The minimum atomic E-state index is -4.53. The van der Waals surface area contributed by atoms with Crippen molar-refractivity contribution in [1.29, 1.82) is 0 Å². The van der Waals surface area contributed by atoms with Crippen LogP contribution in [0.25, 0.3) is 0 Å². The molecule has 0 radical (unpaired) electrons. The lowest BCUT2D eigenvalue weighted by Gasteiger charge is -2.16. The van der Waals surface area contributed by atoms with Gasteiger partial charge in [-0.25, -0.2) is 10.8 Å². The molecule has 4 N–H and O–H groups in total. The van der Waals surface area contributed by atoms with Crippen LogP contribution in [0.3, 0.4) is 0 Å². The van der Waals surface area contributed by atoms with Crippen molar-refractivity contribution in [3.63, 3.8) is 0 Å². The van der Waals surface area contributed by atoms with Gasteiger partial charge in [-0.2, -0.15) is 18.2 Å². The lowest BCUT2D eigenvalue weighted by atomic mass is 10.1. The number of unbranched alkanes of at least 4 members (excludes halogenated alkanes) is 2. The van der Waals surface area contributed by atoms with Crippen molar-refractivity contribution >= 4 is 11.8 Å². The van der Waals surface area contributed by atoms with Crippen LogP contribution in [0.1, 0.15) is 45.2 Å². The summed E-state index contributed by atoms with van der Waals surface area (Å²) in [5, 5.41) is 2.94. The average molecular weight is 291 g/mol. The number of anilines is 2. The van der Waals surface area contributed by atoms with Gasteiger partial charge >= 0.3 is 6.18 Å². The molecular weight excluding hydrogens is 271 g/mol. The molecule has 0 aliphatic heterocycles. The summed E-state index contributed by atoms with van der Waals surface area (Å²) in [6, 6.07) is 0.917. The molecule has 5 nitrogen and oxygen atoms in total. The number of rotatable bonds is 7. The standard InChI is InChI=1S/C12H20F3N5/c1-3-4-5-6-8(2)17-10-7-9(12(13,14)15)18-11(19-10)20-16/h7-8H,3-6,16H2,1-2H3,(H2,17,18,19,20). The summed E-state index contributed by atoms with van der Waals surface area (Å²) in [4.78, 5) is 7.17. The number of hydrogen-bond donors (Lipinski definition) is 3. The summed E-state index contributed by atoms with van der Waals surface area (Å²) in [5.41, 5.74) is 1.02. The van der Waals surface area contributed by atoms with E-state index in [1.54, 1.807) is 0 Å². The van der Waals surface area contributed by atoms with Crippen molar-refractivity contribution in [2.75, 3.05) is 10.7 Å². The third kappa shape index (κ3) is 5.20. The van der Waals surface area contributed by atoms with Crippen LogP contribution in [0.5, 0.6) is 0 Å². The number of nitrogens with two attached hydrogens (primary N) is 1. The number of hydrazine groups is 1. The van der Waals surface area contributed by atoms with E-state index >= 15 is 0 Å². The molecule has 1 aromatic heterocycles. The van der Waals surface area contributed by atoms with Gasteiger partial charge in [0.25, 0.3) is 0 Å². The topological polar surface area (TPSA) is 75.9 Å². The fourth-order valence-electron chi connectivity index (χ4n) is 1.76. The van der Waals surface area contributed by atoms with Gasteiger partial charge < -0.3 is 5.32 Å². The van der Waals surface area contributed by atoms with Gasteiger partial charge in [-0.05, 0) is 13.3 Å². The van der Waals surface area contributed by atoms with Crippen LogP contribution >= 0.6 is 0 Å². The van der Waals surface area contributed by atoms with Crippen LogP contribution in [0, 0.1) is 0 Å². The summed E-state index contributed by atoms with van der Waals surface area (Å²) in [5.74, 6) is 4.94. The molecule has 0 aliphatic rings. The molecule has 0 aromatic carbocycles. The Morgan fingerprint density at radius 1 is 1.30 bits per heavy atom. The van der Waals surface area contributed by atoms with E-state index < -0.39 is 11.9 Å². The molecule has 0 saturated heterocycles. The Balaban J connectivity index is 2.78. The number of aromatic nitrogens is 2. The summed E-state index contributed by atoms with van der Waals surface area (Å²) >= 11 is 0. The third-order valence-electron chi connectivity index (χ3n) is 2.78. The van der Waals surface area contributed by atoms with Crippen LogP contribution in [-0.2, 0) is 6.18 Å². The molecule has 1 unspecified atom stereocenters. The summed E-state index contributed by atoms with van der Waals surface area (Å²) in [6.07, 6.45) is -0.455. The number of alkyl halides is 3. The normalized spacial score (nSPS) is 13.1. The first-order chi connectivity index (χ1) is 9.36. The lowest BCUT2D eigenvalue weighted by Crippen LogP contribution is -2.20. The fourth-order valence-corrected chi connectivity index (χ4v) is 1.76. The second kappa shape index (κ2) is 7.28. The summed E-state index contributed by atoms with van der Waals surface area (Å²) in [6.45, 7) is 4.00. The van der Waals surface area contributed by atoms with Gasteiger partial charge in [-0.3, -0.25) is 5.43 Å². The SMILES string of the molecule is CCCCCC(C)Nc1cc(C(F)(F)F)nc(NN)n1. The molecule has 1 atom stereocenters. The predicted octanol–water partition coefficient (Wildman–Crippen LogP) is 3.16. The summed E-state index contributed by atoms with van der Waals surface area (Å²) < 4.78 is 38.1. The van der Waals surface area contributed by atoms with Crippen molar-refractivity contribution in [3.8, 4) is 0 Å². The zero-order valence-electron chi connectivity index (χ0n) is 11.6. The van der Waals surface area contributed by atoms with E-state index in [4.69, 9.17) is 5.84 Å². The van der Waals surface area contributed by atoms with Gasteiger partial charge in [-0.1, -0.05) is 26.2 Å². The second-order valence-electron chi connectivity index (χ2n) is 4.65. The highest BCUT2D eigenvalue weighted by Gasteiger charge is 2.33. The van der Waals surface area contributed by atoms with Crippen LogP contribution in [-0.4, -0.2) is 16.0 Å². The van der Waals surface area contributed by atoms with E-state index in [1.165, 1.54) is 0 Å². The predicted molar refractivity (Wildman–Crippen MR) is 72.1 cm³/mol. The molecule has 114 valence electrons.